The minimum absolute atomic E-state index is 0.224. The number of carboxylic acid groups (broad SMARTS) is 1. The smallest absolute Gasteiger partial charge is 0.401 e. The zero-order valence-corrected chi connectivity index (χ0v) is 10.8. The van der Waals surface area contributed by atoms with Gasteiger partial charge in [0, 0.05) is 13.1 Å². The zero-order chi connectivity index (χ0) is 15.2. The van der Waals surface area contributed by atoms with Crippen molar-refractivity contribution in [3.63, 3.8) is 0 Å². The van der Waals surface area contributed by atoms with Gasteiger partial charge in [-0.15, -0.1) is 0 Å². The fourth-order valence-electron chi connectivity index (χ4n) is 1.88. The molecule has 1 rings (SSSR count). The number of carbonyl (C=O) groups excluding carboxylic acids is 1. The number of hydrogen-bond acceptors (Lipinski definition) is 4. The summed E-state index contributed by atoms with van der Waals surface area (Å²) in [5.74, 6) is -1.45. The molecule has 0 atom stereocenters. The standard InChI is InChI=1S/C11H17F3N2O4/c12-11(13,14)7-15-5-9(17)16-3-1-8(2-4-16)20-6-10(18)19/h8,15H,1-7H2,(H,18,19). The number of hydrogen-bond donors (Lipinski definition) is 2. The van der Waals surface area contributed by atoms with Gasteiger partial charge >= 0.3 is 12.1 Å². The average Bonchev–Trinajstić information content (AvgIpc) is 2.35. The summed E-state index contributed by atoms with van der Waals surface area (Å²) in [7, 11) is 0. The van der Waals surface area contributed by atoms with Crippen molar-refractivity contribution in [1.82, 2.24) is 10.2 Å². The van der Waals surface area contributed by atoms with Crippen LogP contribution in [0.3, 0.4) is 0 Å². The van der Waals surface area contributed by atoms with Crippen molar-refractivity contribution in [3.8, 4) is 0 Å². The molecule has 1 fully saturated rings. The Morgan fingerprint density at radius 3 is 2.40 bits per heavy atom. The van der Waals surface area contributed by atoms with E-state index in [4.69, 9.17) is 9.84 Å². The molecule has 20 heavy (non-hydrogen) atoms. The van der Waals surface area contributed by atoms with E-state index in [9.17, 15) is 22.8 Å². The molecule has 9 heteroatoms. The second kappa shape index (κ2) is 7.44. The predicted molar refractivity (Wildman–Crippen MR) is 62.1 cm³/mol. The van der Waals surface area contributed by atoms with Gasteiger partial charge in [-0.05, 0) is 12.8 Å². The fraction of sp³-hybridized carbons (Fsp3) is 0.818. The van der Waals surface area contributed by atoms with Crippen LogP contribution in [-0.2, 0) is 14.3 Å². The Morgan fingerprint density at radius 2 is 1.90 bits per heavy atom. The van der Waals surface area contributed by atoms with Crippen molar-refractivity contribution in [2.45, 2.75) is 25.1 Å². The fourth-order valence-corrected chi connectivity index (χ4v) is 1.88. The highest BCUT2D eigenvalue weighted by Crippen LogP contribution is 2.14. The first-order chi connectivity index (χ1) is 9.28. The maximum Gasteiger partial charge on any atom is 0.401 e. The first-order valence-electron chi connectivity index (χ1n) is 6.16. The van der Waals surface area contributed by atoms with Gasteiger partial charge in [-0.1, -0.05) is 0 Å². The van der Waals surface area contributed by atoms with Crippen LogP contribution in [0.2, 0.25) is 0 Å². The largest absolute Gasteiger partial charge is 0.480 e. The van der Waals surface area contributed by atoms with Crippen molar-refractivity contribution in [2.75, 3.05) is 32.8 Å². The Labute approximate surface area is 113 Å². The summed E-state index contributed by atoms with van der Waals surface area (Å²) < 4.78 is 40.8. The number of aliphatic carboxylic acids is 1. The highest BCUT2D eigenvalue weighted by Gasteiger charge is 2.28. The van der Waals surface area contributed by atoms with Crippen LogP contribution < -0.4 is 5.32 Å². The number of carbonyl (C=O) groups is 2. The minimum Gasteiger partial charge on any atom is -0.480 e. The molecule has 0 aromatic heterocycles. The number of likely N-dealkylation sites (tertiary alicyclic amines) is 1. The van der Waals surface area contributed by atoms with Crippen LogP contribution in [0.5, 0.6) is 0 Å². The van der Waals surface area contributed by atoms with Crippen molar-refractivity contribution < 1.29 is 32.6 Å². The van der Waals surface area contributed by atoms with Crippen LogP contribution in [0, 0.1) is 0 Å². The van der Waals surface area contributed by atoms with E-state index >= 15 is 0 Å². The summed E-state index contributed by atoms with van der Waals surface area (Å²) in [6, 6.07) is 0. The van der Waals surface area contributed by atoms with Crippen LogP contribution in [0.25, 0.3) is 0 Å². The summed E-state index contributed by atoms with van der Waals surface area (Å²) in [5.41, 5.74) is 0. The lowest BCUT2D eigenvalue weighted by Gasteiger charge is -2.31. The molecule has 1 amide bonds. The van der Waals surface area contributed by atoms with E-state index in [-0.39, 0.29) is 19.3 Å². The highest BCUT2D eigenvalue weighted by atomic mass is 19.4. The van der Waals surface area contributed by atoms with Crippen molar-refractivity contribution >= 4 is 11.9 Å². The third-order valence-corrected chi connectivity index (χ3v) is 2.84. The van der Waals surface area contributed by atoms with Crippen LogP contribution in [0.15, 0.2) is 0 Å². The van der Waals surface area contributed by atoms with E-state index in [2.05, 4.69) is 0 Å². The second-order valence-corrected chi connectivity index (χ2v) is 4.50. The average molecular weight is 298 g/mol. The van der Waals surface area contributed by atoms with Crippen molar-refractivity contribution in [2.24, 2.45) is 0 Å². The normalized spacial score (nSPS) is 17.2. The molecule has 0 saturated carbocycles. The number of piperidine rings is 1. The van der Waals surface area contributed by atoms with Crippen LogP contribution in [-0.4, -0.2) is 66.9 Å². The molecule has 6 nitrogen and oxygen atoms in total. The van der Waals surface area contributed by atoms with Crippen LogP contribution >= 0.6 is 0 Å². The molecule has 1 heterocycles. The highest BCUT2D eigenvalue weighted by molar-refractivity contribution is 5.78. The third kappa shape index (κ3) is 6.71. The van der Waals surface area contributed by atoms with Gasteiger partial charge in [-0.2, -0.15) is 13.2 Å². The van der Waals surface area contributed by atoms with Gasteiger partial charge in [-0.25, -0.2) is 4.79 Å². The molecule has 0 bridgehead atoms. The molecular formula is C11H17F3N2O4. The van der Waals surface area contributed by atoms with Gasteiger partial charge < -0.3 is 20.1 Å². The summed E-state index contributed by atoms with van der Waals surface area (Å²) in [5, 5.41) is 10.5. The summed E-state index contributed by atoms with van der Waals surface area (Å²) >= 11 is 0. The first kappa shape index (κ1) is 16.7. The molecule has 1 aliphatic heterocycles. The van der Waals surface area contributed by atoms with Gasteiger partial charge in [-0.3, -0.25) is 4.79 Å². The van der Waals surface area contributed by atoms with E-state index in [1.165, 1.54) is 4.90 Å². The Hall–Kier alpha value is -1.35. The van der Waals surface area contributed by atoms with Crippen LogP contribution in [0.1, 0.15) is 12.8 Å². The molecule has 0 spiro atoms. The molecular weight excluding hydrogens is 281 g/mol. The van der Waals surface area contributed by atoms with Gasteiger partial charge in [0.25, 0.3) is 0 Å². The molecule has 0 aromatic carbocycles. The molecule has 0 radical (unpaired) electrons. The van der Waals surface area contributed by atoms with Gasteiger partial charge in [0.05, 0.1) is 19.2 Å². The molecule has 116 valence electrons. The van der Waals surface area contributed by atoms with Gasteiger partial charge in [0.1, 0.15) is 6.61 Å². The number of nitrogens with one attached hydrogen (secondary N) is 1. The Balaban J connectivity index is 2.20. The minimum atomic E-state index is -4.34. The number of alkyl halides is 3. The van der Waals surface area contributed by atoms with Crippen molar-refractivity contribution in [3.05, 3.63) is 0 Å². The maximum absolute atomic E-state index is 11.9. The summed E-state index contributed by atoms with van der Waals surface area (Å²) in [6.45, 7) is -1.23. The lowest BCUT2D eigenvalue weighted by atomic mass is 10.1. The van der Waals surface area contributed by atoms with Gasteiger partial charge in [0.2, 0.25) is 5.91 Å². The lowest BCUT2D eigenvalue weighted by molar-refractivity contribution is -0.147. The quantitative estimate of drug-likeness (QED) is 0.734. The first-order valence-corrected chi connectivity index (χ1v) is 6.16. The summed E-state index contributed by atoms with van der Waals surface area (Å²) in [4.78, 5) is 23.4. The van der Waals surface area contributed by atoms with Crippen LogP contribution in [0.4, 0.5) is 13.2 Å². The molecule has 1 aliphatic rings. The molecule has 2 N–H and O–H groups in total. The topological polar surface area (TPSA) is 78.9 Å². The molecule has 1 saturated heterocycles. The molecule has 0 aliphatic carbocycles. The van der Waals surface area contributed by atoms with E-state index in [1.54, 1.807) is 0 Å². The number of nitrogens with zero attached hydrogens (tertiary/aromatic N) is 1. The predicted octanol–water partition coefficient (Wildman–Crippen LogP) is 0.230. The zero-order valence-electron chi connectivity index (χ0n) is 10.8. The number of rotatable bonds is 6. The monoisotopic (exact) mass is 298 g/mol. The molecule has 0 unspecified atom stereocenters. The Morgan fingerprint density at radius 1 is 1.30 bits per heavy atom. The lowest BCUT2D eigenvalue weighted by Crippen LogP contribution is -2.45. The number of halogens is 3. The van der Waals surface area contributed by atoms with E-state index < -0.39 is 24.6 Å². The summed E-state index contributed by atoms with van der Waals surface area (Å²) in [6.07, 6.45) is -3.59. The van der Waals surface area contributed by atoms with Gasteiger partial charge in [0.15, 0.2) is 0 Å². The molecule has 0 aromatic rings. The number of carboxylic acids is 1. The van der Waals surface area contributed by atoms with E-state index in [1.807, 2.05) is 5.32 Å². The third-order valence-electron chi connectivity index (χ3n) is 2.84. The van der Waals surface area contributed by atoms with E-state index in [0.717, 1.165) is 0 Å². The van der Waals surface area contributed by atoms with Crippen molar-refractivity contribution in [1.29, 1.82) is 0 Å². The Kier molecular flexibility index (Phi) is 6.21. The Bertz CT molecular complexity index is 341. The number of ether oxygens (including phenoxy) is 1. The maximum atomic E-state index is 11.9. The second-order valence-electron chi connectivity index (χ2n) is 4.50. The number of amides is 1. The van der Waals surface area contributed by atoms with E-state index in [0.29, 0.717) is 25.9 Å². The SMILES string of the molecule is O=C(O)COC1CCN(C(=O)CNCC(F)(F)F)CC1.